The van der Waals surface area contributed by atoms with Crippen LogP contribution in [0, 0.1) is 21.4 Å². The van der Waals surface area contributed by atoms with Crippen LogP contribution in [0.4, 0.5) is 11.4 Å². The normalized spacial score (nSPS) is 15.9. The van der Waals surface area contributed by atoms with E-state index >= 15 is 0 Å². The first-order chi connectivity index (χ1) is 8.70. The second-order valence-corrected chi connectivity index (χ2v) is 4.26. The number of piperidine rings is 1. The van der Waals surface area contributed by atoms with Crippen LogP contribution in [-0.2, 0) is 0 Å². The first-order valence-electron chi connectivity index (χ1n) is 5.91. The van der Waals surface area contributed by atoms with Crippen molar-refractivity contribution < 1.29 is 4.92 Å². The lowest BCUT2D eigenvalue weighted by atomic mass is 10.1. The predicted molar refractivity (Wildman–Crippen MR) is 66.9 cm³/mol. The van der Waals surface area contributed by atoms with E-state index in [0.717, 1.165) is 25.9 Å². The van der Waals surface area contributed by atoms with E-state index in [9.17, 15) is 10.1 Å². The van der Waals surface area contributed by atoms with Crippen LogP contribution in [0.3, 0.4) is 0 Å². The molecule has 1 aliphatic rings. The maximum atomic E-state index is 11.0. The summed E-state index contributed by atoms with van der Waals surface area (Å²) in [4.78, 5) is 10.5. The number of nitrogens with one attached hydrogen (secondary N) is 1. The van der Waals surface area contributed by atoms with E-state index in [4.69, 9.17) is 5.26 Å². The van der Waals surface area contributed by atoms with Crippen molar-refractivity contribution in [3.05, 3.63) is 33.9 Å². The molecule has 0 atom stereocenters. The molecule has 2 rings (SSSR count). The minimum absolute atomic E-state index is 0.0559. The Kier molecular flexibility index (Phi) is 3.75. The zero-order valence-corrected chi connectivity index (χ0v) is 9.93. The van der Waals surface area contributed by atoms with Gasteiger partial charge < -0.3 is 5.43 Å². The Balaban J connectivity index is 2.21. The lowest BCUT2D eigenvalue weighted by Crippen LogP contribution is -2.35. The number of nitro benzene ring substituents is 1. The van der Waals surface area contributed by atoms with Gasteiger partial charge in [0.05, 0.1) is 16.6 Å². The molecule has 1 fully saturated rings. The van der Waals surface area contributed by atoms with Crippen LogP contribution < -0.4 is 5.43 Å². The van der Waals surface area contributed by atoms with Gasteiger partial charge in [0.15, 0.2) is 0 Å². The monoisotopic (exact) mass is 246 g/mol. The Morgan fingerprint density at radius 1 is 1.33 bits per heavy atom. The highest BCUT2D eigenvalue weighted by atomic mass is 16.6. The number of nitro groups is 1. The van der Waals surface area contributed by atoms with E-state index in [1.165, 1.54) is 12.5 Å². The molecule has 6 nitrogen and oxygen atoms in total. The van der Waals surface area contributed by atoms with Crippen molar-refractivity contribution >= 4 is 11.4 Å². The quantitative estimate of drug-likeness (QED) is 0.653. The molecule has 0 aliphatic carbocycles. The number of benzene rings is 1. The molecule has 0 bridgehead atoms. The summed E-state index contributed by atoms with van der Waals surface area (Å²) in [6.45, 7) is 1.77. The Morgan fingerprint density at radius 3 is 2.67 bits per heavy atom. The maximum Gasteiger partial charge on any atom is 0.294 e. The molecular weight excluding hydrogens is 232 g/mol. The van der Waals surface area contributed by atoms with Crippen molar-refractivity contribution in [1.29, 1.82) is 5.26 Å². The Bertz CT molecular complexity index is 489. The van der Waals surface area contributed by atoms with E-state index in [0.29, 0.717) is 11.3 Å². The average molecular weight is 246 g/mol. The van der Waals surface area contributed by atoms with Crippen molar-refractivity contribution in [2.45, 2.75) is 19.3 Å². The third kappa shape index (κ3) is 2.76. The second kappa shape index (κ2) is 5.47. The van der Waals surface area contributed by atoms with Gasteiger partial charge in [-0.25, -0.2) is 5.01 Å². The van der Waals surface area contributed by atoms with Crippen LogP contribution in [0.1, 0.15) is 24.8 Å². The van der Waals surface area contributed by atoms with Gasteiger partial charge in [-0.1, -0.05) is 6.42 Å². The van der Waals surface area contributed by atoms with Crippen LogP contribution >= 0.6 is 0 Å². The van der Waals surface area contributed by atoms with E-state index in [1.807, 2.05) is 11.1 Å². The summed E-state index contributed by atoms with van der Waals surface area (Å²) in [5.74, 6) is 0. The Hall–Kier alpha value is -2.13. The molecule has 1 aliphatic heterocycles. The van der Waals surface area contributed by atoms with Gasteiger partial charge in [0, 0.05) is 19.2 Å². The number of hydrogen-bond acceptors (Lipinski definition) is 5. The van der Waals surface area contributed by atoms with Gasteiger partial charge in [0.25, 0.3) is 5.69 Å². The summed E-state index contributed by atoms with van der Waals surface area (Å²) in [6.07, 6.45) is 3.39. The number of nitriles is 1. The lowest BCUT2D eigenvalue weighted by molar-refractivity contribution is -0.384. The van der Waals surface area contributed by atoms with Gasteiger partial charge >= 0.3 is 0 Å². The summed E-state index contributed by atoms with van der Waals surface area (Å²) in [5.41, 5.74) is 3.75. The molecule has 0 amide bonds. The topological polar surface area (TPSA) is 82.2 Å². The number of rotatable bonds is 3. The van der Waals surface area contributed by atoms with E-state index in [1.54, 1.807) is 12.1 Å². The van der Waals surface area contributed by atoms with E-state index in [-0.39, 0.29) is 5.69 Å². The standard InChI is InChI=1S/C12H14N4O2/c13-9-10-4-5-11(12(8-10)16(17)18)14-15-6-2-1-3-7-15/h4-5,8,14H,1-3,6-7H2. The largest absolute Gasteiger partial charge is 0.313 e. The van der Waals surface area contributed by atoms with Gasteiger partial charge in [0.1, 0.15) is 5.69 Å². The minimum atomic E-state index is -0.465. The first kappa shape index (κ1) is 12.3. The Labute approximate surface area is 105 Å². The van der Waals surface area contributed by atoms with Gasteiger partial charge in [-0.05, 0) is 25.0 Å². The molecule has 0 unspecified atom stereocenters. The van der Waals surface area contributed by atoms with Crippen molar-refractivity contribution in [3.63, 3.8) is 0 Å². The van der Waals surface area contributed by atoms with Crippen LogP contribution in [0.5, 0.6) is 0 Å². The lowest BCUT2D eigenvalue weighted by Gasteiger charge is -2.27. The smallest absolute Gasteiger partial charge is 0.294 e. The fourth-order valence-corrected chi connectivity index (χ4v) is 2.02. The zero-order chi connectivity index (χ0) is 13.0. The molecule has 1 aromatic rings. The highest BCUT2D eigenvalue weighted by Gasteiger charge is 2.18. The molecule has 18 heavy (non-hydrogen) atoms. The predicted octanol–water partition coefficient (Wildman–Crippen LogP) is 2.28. The first-order valence-corrected chi connectivity index (χ1v) is 5.91. The third-order valence-electron chi connectivity index (χ3n) is 2.96. The van der Waals surface area contributed by atoms with Crippen molar-refractivity contribution in [2.75, 3.05) is 18.5 Å². The molecule has 0 spiro atoms. The summed E-state index contributed by atoms with van der Waals surface area (Å²) in [7, 11) is 0. The van der Waals surface area contributed by atoms with E-state index in [2.05, 4.69) is 5.43 Å². The van der Waals surface area contributed by atoms with Gasteiger partial charge in [0.2, 0.25) is 0 Å². The SMILES string of the molecule is N#Cc1ccc(NN2CCCCC2)c([N+](=O)[O-])c1. The summed E-state index contributed by atoms with van der Waals surface area (Å²) in [6, 6.07) is 6.38. The van der Waals surface area contributed by atoms with Crippen LogP contribution in [0.25, 0.3) is 0 Å². The molecule has 1 heterocycles. The van der Waals surface area contributed by atoms with Crippen molar-refractivity contribution in [2.24, 2.45) is 0 Å². The van der Waals surface area contributed by atoms with Crippen molar-refractivity contribution in [3.8, 4) is 6.07 Å². The van der Waals surface area contributed by atoms with Gasteiger partial charge in [-0.3, -0.25) is 10.1 Å². The number of hydrazine groups is 1. The molecule has 0 radical (unpaired) electrons. The van der Waals surface area contributed by atoms with Gasteiger partial charge in [-0.2, -0.15) is 5.26 Å². The molecule has 1 N–H and O–H groups in total. The van der Waals surface area contributed by atoms with E-state index < -0.39 is 4.92 Å². The maximum absolute atomic E-state index is 11.0. The molecular formula is C12H14N4O2. The second-order valence-electron chi connectivity index (χ2n) is 4.26. The molecule has 1 aromatic carbocycles. The van der Waals surface area contributed by atoms with Crippen LogP contribution in [-0.4, -0.2) is 23.0 Å². The average Bonchev–Trinajstić information content (AvgIpc) is 2.40. The fourth-order valence-electron chi connectivity index (χ4n) is 2.02. The zero-order valence-electron chi connectivity index (χ0n) is 9.93. The van der Waals surface area contributed by atoms with Crippen LogP contribution in [0.2, 0.25) is 0 Å². The highest BCUT2D eigenvalue weighted by molar-refractivity contribution is 5.63. The van der Waals surface area contributed by atoms with Crippen molar-refractivity contribution in [1.82, 2.24) is 5.01 Å². The van der Waals surface area contributed by atoms with Crippen LogP contribution in [0.15, 0.2) is 18.2 Å². The summed E-state index contributed by atoms with van der Waals surface area (Å²) in [5, 5.41) is 21.7. The molecule has 1 saturated heterocycles. The molecule has 0 aromatic heterocycles. The third-order valence-corrected chi connectivity index (χ3v) is 2.96. The highest BCUT2D eigenvalue weighted by Crippen LogP contribution is 2.26. The fraction of sp³-hybridized carbons (Fsp3) is 0.417. The number of hydrogen-bond donors (Lipinski definition) is 1. The Morgan fingerprint density at radius 2 is 2.06 bits per heavy atom. The summed E-state index contributed by atoms with van der Waals surface area (Å²) < 4.78 is 0. The number of anilines is 1. The minimum Gasteiger partial charge on any atom is -0.313 e. The molecule has 94 valence electrons. The number of nitrogens with zero attached hydrogens (tertiary/aromatic N) is 3. The molecule has 6 heteroatoms. The summed E-state index contributed by atoms with van der Waals surface area (Å²) >= 11 is 0. The van der Waals surface area contributed by atoms with Gasteiger partial charge in [-0.15, -0.1) is 0 Å². The molecule has 0 saturated carbocycles.